The molecule has 148 valence electrons. The summed E-state index contributed by atoms with van der Waals surface area (Å²) in [6, 6.07) is 15.3. The van der Waals surface area contributed by atoms with Gasteiger partial charge in [-0.15, -0.1) is 0 Å². The number of esters is 2. The quantitative estimate of drug-likeness (QED) is 0.353. The second kappa shape index (κ2) is 11.4. The van der Waals surface area contributed by atoms with Crippen molar-refractivity contribution in [2.75, 3.05) is 26.4 Å². The fourth-order valence-electron chi connectivity index (χ4n) is 2.23. The molecule has 0 radical (unpaired) electrons. The minimum atomic E-state index is -0.314. The van der Waals surface area contributed by atoms with E-state index in [1.54, 1.807) is 0 Å². The molecular weight excluding hydrogens is 360 g/mol. The van der Waals surface area contributed by atoms with Gasteiger partial charge in [0.1, 0.15) is 37.9 Å². The molecule has 0 aromatic heterocycles. The lowest BCUT2D eigenvalue weighted by molar-refractivity contribution is -0.142. The van der Waals surface area contributed by atoms with Crippen LogP contribution in [0.2, 0.25) is 0 Å². The van der Waals surface area contributed by atoms with Crippen LogP contribution in [-0.2, 0) is 19.1 Å². The van der Waals surface area contributed by atoms with Crippen molar-refractivity contribution in [1.82, 2.24) is 0 Å². The van der Waals surface area contributed by atoms with Gasteiger partial charge in [-0.1, -0.05) is 36.4 Å². The fraction of sp³-hybridized carbons (Fsp3) is 0.273. The van der Waals surface area contributed by atoms with Crippen LogP contribution >= 0.6 is 0 Å². The number of ether oxygens (including phenoxy) is 4. The molecule has 0 heterocycles. The Morgan fingerprint density at radius 2 is 1.00 bits per heavy atom. The molecule has 0 fully saturated rings. The molecule has 0 unspecified atom stereocenters. The van der Waals surface area contributed by atoms with Gasteiger partial charge in [0.05, 0.1) is 0 Å². The van der Waals surface area contributed by atoms with Crippen LogP contribution in [0.3, 0.4) is 0 Å². The van der Waals surface area contributed by atoms with E-state index in [0.717, 1.165) is 22.6 Å². The third-order valence-corrected chi connectivity index (χ3v) is 3.54. The average molecular weight is 384 g/mol. The largest absolute Gasteiger partial charge is 0.490 e. The first-order valence-corrected chi connectivity index (χ1v) is 8.93. The summed E-state index contributed by atoms with van der Waals surface area (Å²) in [5.74, 6) is 0.815. The molecule has 0 bridgehead atoms. The van der Waals surface area contributed by atoms with Gasteiger partial charge < -0.3 is 18.9 Å². The molecule has 0 aliphatic heterocycles. The predicted molar refractivity (Wildman–Crippen MR) is 106 cm³/mol. The molecule has 0 saturated heterocycles. The summed E-state index contributed by atoms with van der Waals surface area (Å²) in [5.41, 5.74) is 2.07. The SMILES string of the molecule is CC(=O)OCCOc1ccc(/C=C/c2ccc(OCCOC(C)=O)cc2)cc1. The summed E-state index contributed by atoms with van der Waals surface area (Å²) in [7, 11) is 0. The highest BCUT2D eigenvalue weighted by Gasteiger charge is 1.98. The Kier molecular flexibility index (Phi) is 8.59. The van der Waals surface area contributed by atoms with Crippen molar-refractivity contribution in [1.29, 1.82) is 0 Å². The minimum absolute atomic E-state index is 0.237. The highest BCUT2D eigenvalue weighted by atomic mass is 16.6. The lowest BCUT2D eigenvalue weighted by atomic mass is 10.1. The van der Waals surface area contributed by atoms with Gasteiger partial charge in [0.25, 0.3) is 0 Å². The van der Waals surface area contributed by atoms with Gasteiger partial charge in [0.15, 0.2) is 0 Å². The first-order chi connectivity index (χ1) is 13.5. The smallest absolute Gasteiger partial charge is 0.302 e. The summed E-state index contributed by atoms with van der Waals surface area (Å²) in [6.45, 7) is 3.86. The molecular formula is C22H24O6. The monoisotopic (exact) mass is 384 g/mol. The second-order valence-electron chi connectivity index (χ2n) is 5.85. The van der Waals surface area contributed by atoms with Gasteiger partial charge in [-0.05, 0) is 35.4 Å². The highest BCUT2D eigenvalue weighted by Crippen LogP contribution is 2.16. The van der Waals surface area contributed by atoms with Crippen LogP contribution in [0.5, 0.6) is 11.5 Å². The Morgan fingerprint density at radius 1 is 0.643 bits per heavy atom. The Balaban J connectivity index is 1.77. The maximum atomic E-state index is 10.7. The number of benzene rings is 2. The Labute approximate surface area is 164 Å². The predicted octanol–water partition coefficient (Wildman–Crippen LogP) is 3.74. The Hall–Kier alpha value is -3.28. The molecule has 0 atom stereocenters. The van der Waals surface area contributed by atoms with Crippen LogP contribution in [-0.4, -0.2) is 38.4 Å². The van der Waals surface area contributed by atoms with Gasteiger partial charge in [-0.25, -0.2) is 0 Å². The van der Waals surface area contributed by atoms with Crippen molar-refractivity contribution in [3.63, 3.8) is 0 Å². The van der Waals surface area contributed by atoms with Gasteiger partial charge in [0, 0.05) is 13.8 Å². The normalized spacial score (nSPS) is 10.5. The third-order valence-electron chi connectivity index (χ3n) is 3.54. The zero-order valence-corrected chi connectivity index (χ0v) is 16.1. The topological polar surface area (TPSA) is 71.1 Å². The summed E-state index contributed by atoms with van der Waals surface area (Å²) >= 11 is 0. The molecule has 0 amide bonds. The van der Waals surface area contributed by atoms with Gasteiger partial charge in [-0.3, -0.25) is 9.59 Å². The van der Waals surface area contributed by atoms with E-state index in [9.17, 15) is 9.59 Å². The molecule has 2 aromatic carbocycles. The zero-order chi connectivity index (χ0) is 20.2. The number of hydrogen-bond acceptors (Lipinski definition) is 6. The number of hydrogen-bond donors (Lipinski definition) is 0. The second-order valence-corrected chi connectivity index (χ2v) is 5.85. The van der Waals surface area contributed by atoms with E-state index in [2.05, 4.69) is 0 Å². The Morgan fingerprint density at radius 3 is 1.32 bits per heavy atom. The van der Waals surface area contributed by atoms with Gasteiger partial charge in [0.2, 0.25) is 0 Å². The molecule has 2 rings (SSSR count). The molecule has 0 spiro atoms. The molecule has 0 saturated carbocycles. The van der Waals surface area contributed by atoms with Crippen LogP contribution in [0.1, 0.15) is 25.0 Å². The lowest BCUT2D eigenvalue weighted by Gasteiger charge is -2.07. The number of carbonyl (C=O) groups excluding carboxylic acids is 2. The van der Waals surface area contributed by atoms with E-state index in [1.807, 2.05) is 60.7 Å². The van der Waals surface area contributed by atoms with Gasteiger partial charge in [-0.2, -0.15) is 0 Å². The van der Waals surface area contributed by atoms with E-state index in [0.29, 0.717) is 13.2 Å². The van der Waals surface area contributed by atoms with Crippen molar-refractivity contribution in [2.24, 2.45) is 0 Å². The summed E-state index contributed by atoms with van der Waals surface area (Å²) in [5, 5.41) is 0. The summed E-state index contributed by atoms with van der Waals surface area (Å²) in [6.07, 6.45) is 4.00. The first-order valence-electron chi connectivity index (χ1n) is 8.93. The van der Waals surface area contributed by atoms with Crippen LogP contribution in [0.25, 0.3) is 12.2 Å². The molecule has 6 nitrogen and oxygen atoms in total. The van der Waals surface area contributed by atoms with E-state index >= 15 is 0 Å². The van der Waals surface area contributed by atoms with Crippen LogP contribution in [0.15, 0.2) is 48.5 Å². The first kappa shape index (κ1) is 21.0. The van der Waals surface area contributed by atoms with Crippen LogP contribution in [0, 0.1) is 0 Å². The molecule has 6 heteroatoms. The van der Waals surface area contributed by atoms with E-state index in [1.165, 1.54) is 13.8 Å². The van der Waals surface area contributed by atoms with Crippen molar-refractivity contribution in [3.8, 4) is 11.5 Å². The minimum Gasteiger partial charge on any atom is -0.490 e. The van der Waals surface area contributed by atoms with Gasteiger partial charge >= 0.3 is 11.9 Å². The van der Waals surface area contributed by atoms with Crippen molar-refractivity contribution >= 4 is 24.1 Å². The van der Waals surface area contributed by atoms with Crippen molar-refractivity contribution < 1.29 is 28.5 Å². The van der Waals surface area contributed by atoms with Crippen molar-refractivity contribution in [2.45, 2.75) is 13.8 Å². The van der Waals surface area contributed by atoms with E-state index in [-0.39, 0.29) is 25.2 Å². The number of carbonyl (C=O) groups is 2. The van der Waals surface area contributed by atoms with Crippen LogP contribution < -0.4 is 9.47 Å². The maximum absolute atomic E-state index is 10.7. The molecule has 2 aromatic rings. The number of rotatable bonds is 10. The Bertz CT molecular complexity index is 710. The maximum Gasteiger partial charge on any atom is 0.302 e. The molecule has 0 aliphatic rings. The zero-order valence-electron chi connectivity index (χ0n) is 16.1. The lowest BCUT2D eigenvalue weighted by Crippen LogP contribution is -2.09. The molecule has 28 heavy (non-hydrogen) atoms. The summed E-state index contributed by atoms with van der Waals surface area (Å²) < 4.78 is 20.6. The fourth-order valence-corrected chi connectivity index (χ4v) is 2.23. The molecule has 0 aliphatic carbocycles. The average Bonchev–Trinajstić information content (AvgIpc) is 2.68. The molecule has 0 N–H and O–H groups in total. The van der Waals surface area contributed by atoms with E-state index < -0.39 is 0 Å². The van der Waals surface area contributed by atoms with E-state index in [4.69, 9.17) is 18.9 Å². The third kappa shape index (κ3) is 8.40. The van der Waals surface area contributed by atoms with Crippen molar-refractivity contribution in [3.05, 3.63) is 59.7 Å². The van der Waals surface area contributed by atoms with Crippen LogP contribution in [0.4, 0.5) is 0 Å². The standard InChI is InChI=1S/C22H24O6/c1-17(23)25-13-15-27-21-9-5-19(6-10-21)3-4-20-7-11-22(12-8-20)28-16-14-26-18(2)24/h3-12H,13-16H2,1-2H3/b4-3+. The highest BCUT2D eigenvalue weighted by molar-refractivity contribution is 5.70. The summed E-state index contributed by atoms with van der Waals surface area (Å²) in [4.78, 5) is 21.4.